The smallest absolute Gasteiger partial charge is 0.192 e. The van der Waals surface area contributed by atoms with Crippen molar-refractivity contribution in [3.8, 4) is 0 Å². The third kappa shape index (κ3) is 11.3. The van der Waals surface area contributed by atoms with E-state index in [2.05, 4.69) is 68.4 Å². The monoisotopic (exact) mass is 712 g/mol. The molecule has 10 heteroatoms. The van der Waals surface area contributed by atoms with Crippen LogP contribution >= 0.6 is 0 Å². The van der Waals surface area contributed by atoms with Crippen molar-refractivity contribution in [1.29, 1.82) is 0 Å². The SMILES string of the molecule is CC[Si](CC)(CC)OC(CCS(=O)(=O)c1ccccc1)C(C)[C@@H](O[Si](CC)(CC)CC)C(C)/C=C/[C@@H](O)[C@H](C)C1OC(OC)C[C@H]1C. The average Bonchev–Trinajstić information content (AvgIpc) is 3.48. The summed E-state index contributed by atoms with van der Waals surface area (Å²) in [5, 5.41) is 11.3. The predicted octanol–water partition coefficient (Wildman–Crippen LogP) is 8.85. The van der Waals surface area contributed by atoms with Gasteiger partial charge in [0.2, 0.25) is 0 Å². The Labute approximate surface area is 290 Å². The first-order valence-corrected chi connectivity index (χ1v) is 25.1. The summed E-state index contributed by atoms with van der Waals surface area (Å²) < 4.78 is 53.0. The molecule has 272 valence electrons. The van der Waals surface area contributed by atoms with Crippen molar-refractivity contribution in [2.24, 2.45) is 23.7 Å². The van der Waals surface area contributed by atoms with E-state index < -0.39 is 32.6 Å². The Morgan fingerprint density at radius 1 is 0.894 bits per heavy atom. The first kappa shape index (κ1) is 42.3. The van der Waals surface area contributed by atoms with Gasteiger partial charge in [0, 0.05) is 25.4 Å². The molecule has 0 saturated carbocycles. The highest BCUT2D eigenvalue weighted by molar-refractivity contribution is 7.91. The van der Waals surface area contributed by atoms with Crippen molar-refractivity contribution in [2.45, 2.75) is 154 Å². The summed E-state index contributed by atoms with van der Waals surface area (Å²) >= 11 is 0. The molecule has 0 radical (unpaired) electrons. The van der Waals surface area contributed by atoms with Gasteiger partial charge in [0.05, 0.1) is 35.1 Å². The molecule has 0 aromatic heterocycles. The van der Waals surface area contributed by atoms with Gasteiger partial charge in [0.15, 0.2) is 32.8 Å². The number of rotatable bonds is 22. The highest BCUT2D eigenvalue weighted by Crippen LogP contribution is 2.37. The van der Waals surface area contributed by atoms with Gasteiger partial charge in [-0.05, 0) is 66.7 Å². The molecule has 9 atom stereocenters. The van der Waals surface area contributed by atoms with Gasteiger partial charge >= 0.3 is 0 Å². The summed E-state index contributed by atoms with van der Waals surface area (Å²) in [4.78, 5) is 0.357. The molecule has 1 aromatic rings. The van der Waals surface area contributed by atoms with Crippen LogP contribution in [0.2, 0.25) is 36.3 Å². The van der Waals surface area contributed by atoms with Crippen molar-refractivity contribution >= 4 is 26.5 Å². The largest absolute Gasteiger partial charge is 0.414 e. The normalized spacial score (nSPS) is 23.4. The second kappa shape index (κ2) is 19.5. The summed E-state index contributed by atoms with van der Waals surface area (Å²) in [6, 6.07) is 14.8. The molecule has 7 nitrogen and oxygen atoms in total. The first-order chi connectivity index (χ1) is 22.2. The van der Waals surface area contributed by atoms with Crippen LogP contribution in [0.5, 0.6) is 0 Å². The first-order valence-electron chi connectivity index (χ1n) is 18.4. The quantitative estimate of drug-likeness (QED) is 0.0949. The minimum atomic E-state index is -3.47. The number of ether oxygens (including phenoxy) is 2. The highest BCUT2D eigenvalue weighted by atomic mass is 32.2. The van der Waals surface area contributed by atoms with Gasteiger partial charge in [-0.25, -0.2) is 8.42 Å². The fourth-order valence-corrected chi connectivity index (χ4v) is 14.7. The lowest BCUT2D eigenvalue weighted by Gasteiger charge is -2.43. The van der Waals surface area contributed by atoms with E-state index in [-0.39, 0.29) is 48.1 Å². The van der Waals surface area contributed by atoms with Gasteiger partial charge in [-0.1, -0.05) is 99.6 Å². The number of aliphatic hydroxyl groups excluding tert-OH is 1. The van der Waals surface area contributed by atoms with E-state index in [9.17, 15) is 13.5 Å². The molecule has 5 unspecified atom stereocenters. The molecule has 1 aromatic carbocycles. The number of methoxy groups -OCH3 is 1. The molecule has 1 saturated heterocycles. The Morgan fingerprint density at radius 3 is 1.91 bits per heavy atom. The fourth-order valence-electron chi connectivity index (χ4n) is 7.33. The van der Waals surface area contributed by atoms with Crippen LogP contribution in [0, 0.1) is 23.7 Å². The van der Waals surface area contributed by atoms with E-state index in [1.165, 1.54) is 0 Å². The van der Waals surface area contributed by atoms with Gasteiger partial charge in [0.1, 0.15) is 0 Å². The number of aliphatic hydroxyl groups is 1. The Hall–Kier alpha value is -0.856. The van der Waals surface area contributed by atoms with E-state index in [0.29, 0.717) is 17.2 Å². The topological polar surface area (TPSA) is 91.3 Å². The van der Waals surface area contributed by atoms with E-state index >= 15 is 0 Å². The van der Waals surface area contributed by atoms with Crippen LogP contribution in [-0.4, -0.2) is 73.7 Å². The average molecular weight is 713 g/mol. The van der Waals surface area contributed by atoms with Crippen LogP contribution in [0.25, 0.3) is 0 Å². The van der Waals surface area contributed by atoms with Gasteiger partial charge in [-0.15, -0.1) is 0 Å². The maximum atomic E-state index is 13.5. The van der Waals surface area contributed by atoms with Crippen molar-refractivity contribution < 1.29 is 31.9 Å². The molecule has 1 fully saturated rings. The molecule has 0 aliphatic carbocycles. The van der Waals surface area contributed by atoms with Crippen LogP contribution < -0.4 is 0 Å². The zero-order chi connectivity index (χ0) is 35.4. The Morgan fingerprint density at radius 2 is 1.43 bits per heavy atom. The van der Waals surface area contributed by atoms with E-state index in [0.717, 1.165) is 42.7 Å². The van der Waals surface area contributed by atoms with Crippen LogP contribution in [0.3, 0.4) is 0 Å². The minimum Gasteiger partial charge on any atom is -0.414 e. The van der Waals surface area contributed by atoms with E-state index in [1.807, 2.05) is 19.1 Å². The Bertz CT molecular complexity index is 1140. The van der Waals surface area contributed by atoms with Gasteiger partial charge in [0.25, 0.3) is 0 Å². The van der Waals surface area contributed by atoms with E-state index in [4.69, 9.17) is 18.3 Å². The van der Waals surface area contributed by atoms with Crippen LogP contribution in [0.4, 0.5) is 0 Å². The van der Waals surface area contributed by atoms with Crippen molar-refractivity contribution in [2.75, 3.05) is 12.9 Å². The Balaban J connectivity index is 2.46. The van der Waals surface area contributed by atoms with Crippen LogP contribution in [0.1, 0.15) is 82.1 Å². The van der Waals surface area contributed by atoms with Crippen LogP contribution in [0.15, 0.2) is 47.4 Å². The summed E-state index contributed by atoms with van der Waals surface area (Å²) in [6.45, 7) is 22.0. The second-order valence-electron chi connectivity index (χ2n) is 14.1. The predicted molar refractivity (Wildman–Crippen MR) is 199 cm³/mol. The summed E-state index contributed by atoms with van der Waals surface area (Å²) in [5.41, 5.74) is 0. The lowest BCUT2D eigenvalue weighted by Crippen LogP contribution is -2.50. The zero-order valence-corrected chi connectivity index (χ0v) is 34.2. The van der Waals surface area contributed by atoms with Crippen molar-refractivity contribution in [1.82, 2.24) is 0 Å². The number of hydrogen-bond donors (Lipinski definition) is 1. The molecular weight excluding hydrogens is 645 g/mol. The molecule has 2 rings (SSSR count). The van der Waals surface area contributed by atoms with Crippen LogP contribution in [-0.2, 0) is 28.2 Å². The molecular formula is C37H68O7SSi2. The molecule has 47 heavy (non-hydrogen) atoms. The molecule has 1 N–H and O–H groups in total. The highest BCUT2D eigenvalue weighted by Gasteiger charge is 2.42. The second-order valence-corrected chi connectivity index (χ2v) is 25.6. The van der Waals surface area contributed by atoms with Gasteiger partial charge in [-0.3, -0.25) is 0 Å². The summed E-state index contributed by atoms with van der Waals surface area (Å²) in [5.74, 6) is 0.159. The van der Waals surface area contributed by atoms with Crippen molar-refractivity contribution in [3.05, 3.63) is 42.5 Å². The zero-order valence-electron chi connectivity index (χ0n) is 31.4. The number of hydrogen-bond acceptors (Lipinski definition) is 7. The Kier molecular flexibility index (Phi) is 17.6. The lowest BCUT2D eigenvalue weighted by molar-refractivity contribution is -0.134. The van der Waals surface area contributed by atoms with E-state index in [1.54, 1.807) is 31.4 Å². The molecule has 1 aliphatic heterocycles. The van der Waals surface area contributed by atoms with Crippen molar-refractivity contribution in [3.63, 3.8) is 0 Å². The summed E-state index contributed by atoms with van der Waals surface area (Å²) in [7, 11) is -5.96. The maximum Gasteiger partial charge on any atom is 0.192 e. The lowest BCUT2D eigenvalue weighted by atomic mass is 9.86. The van der Waals surface area contributed by atoms with Gasteiger partial charge in [-0.2, -0.15) is 0 Å². The fraction of sp³-hybridized carbons (Fsp3) is 0.784. The molecule has 0 amide bonds. The number of sulfone groups is 1. The molecule has 0 spiro atoms. The third-order valence-corrected chi connectivity index (χ3v) is 22.5. The maximum absolute atomic E-state index is 13.5. The third-order valence-electron chi connectivity index (χ3n) is 11.4. The molecule has 1 aliphatic rings. The minimum absolute atomic E-state index is 0.0187. The molecule has 1 heterocycles. The molecule has 0 bridgehead atoms. The van der Waals surface area contributed by atoms with Gasteiger partial charge < -0.3 is 23.4 Å². The standard InChI is InChI=1S/C37H68O7SSi2/c1-12-46(13-2,14-3)43-34(25-26-45(39,40)32-21-19-18-20-22-32)31(10)37(44-47(15-4,16-5)17-6)28(7)23-24-33(38)30(9)36-29(8)27-35(41-11)42-36/h18-24,28-31,33-38H,12-17,25-27H2,1-11H3/b24-23+/t28?,29-,30+,31?,33-,34?,35?,36?,37+/m1/s1. The number of benzene rings is 1. The summed E-state index contributed by atoms with van der Waals surface area (Å²) in [6.07, 6.45) is 3.84.